The Morgan fingerprint density at radius 3 is 2.14 bits per heavy atom. The van der Waals surface area contributed by atoms with E-state index in [4.69, 9.17) is 14.2 Å². The van der Waals surface area contributed by atoms with Crippen LogP contribution >= 0.6 is 0 Å². The van der Waals surface area contributed by atoms with Crippen LogP contribution in [0, 0.1) is 6.92 Å². The zero-order valence-corrected chi connectivity index (χ0v) is 19.2. The lowest BCUT2D eigenvalue weighted by atomic mass is 9.35. The fourth-order valence-corrected chi connectivity index (χ4v) is 5.19. The van der Waals surface area contributed by atoms with Crippen LogP contribution in [-0.4, -0.2) is 6.71 Å². The third-order valence-electron chi connectivity index (χ3n) is 6.82. The second-order valence-corrected chi connectivity index (χ2v) is 8.96. The molecule has 0 spiro atoms. The van der Waals surface area contributed by atoms with Gasteiger partial charge < -0.3 is 14.2 Å². The summed E-state index contributed by atoms with van der Waals surface area (Å²) in [5.74, 6) is 4.68. The summed E-state index contributed by atoms with van der Waals surface area (Å²) in [6.07, 6.45) is 0. The molecule has 0 saturated carbocycles. The highest BCUT2D eigenvalue weighted by Gasteiger charge is 2.41. The topological polar surface area (TPSA) is 27.7 Å². The van der Waals surface area contributed by atoms with Crippen molar-refractivity contribution in [1.29, 1.82) is 0 Å². The van der Waals surface area contributed by atoms with Gasteiger partial charge in [-0.2, -0.15) is 0 Å². The molecule has 7 rings (SSSR count). The Labute approximate surface area is 204 Å². The zero-order valence-electron chi connectivity index (χ0n) is 19.2. The highest BCUT2D eigenvalue weighted by Crippen LogP contribution is 2.42. The maximum atomic E-state index is 6.47. The Morgan fingerprint density at radius 1 is 0.629 bits per heavy atom. The van der Waals surface area contributed by atoms with E-state index in [1.807, 2.05) is 48.5 Å². The van der Waals surface area contributed by atoms with Crippen LogP contribution in [0.5, 0.6) is 34.5 Å². The Bertz CT molecular complexity index is 1600. The van der Waals surface area contributed by atoms with Gasteiger partial charge in [0.25, 0.3) is 6.71 Å². The standard InChI is InChI=1S/C31H21BO3/c1-20-9-2-3-12-23(20)21-10-8-11-22(19-21)33-29-18-17-28-30-31(29)35-27-16-7-5-14-25(27)32(30)24-13-4-6-15-26(24)34-28/h2-19H,1H3. The molecule has 0 saturated heterocycles. The van der Waals surface area contributed by atoms with Crippen LogP contribution in [0.15, 0.2) is 109 Å². The summed E-state index contributed by atoms with van der Waals surface area (Å²) in [6, 6.07) is 36.9. The van der Waals surface area contributed by atoms with E-state index in [9.17, 15) is 0 Å². The lowest BCUT2D eigenvalue weighted by Gasteiger charge is -2.33. The van der Waals surface area contributed by atoms with Crippen molar-refractivity contribution in [2.24, 2.45) is 0 Å². The van der Waals surface area contributed by atoms with Crippen molar-refractivity contribution in [2.45, 2.75) is 6.92 Å². The molecular formula is C31H21BO3. The third kappa shape index (κ3) is 3.22. The number of ether oxygens (including phenoxy) is 3. The summed E-state index contributed by atoms with van der Waals surface area (Å²) in [5.41, 5.74) is 6.82. The normalized spacial score (nSPS) is 12.5. The lowest BCUT2D eigenvalue weighted by molar-refractivity contribution is 0.415. The van der Waals surface area contributed by atoms with E-state index in [2.05, 4.69) is 67.6 Å². The highest BCUT2D eigenvalue weighted by atomic mass is 16.5. The maximum Gasteiger partial charge on any atom is 0.260 e. The molecule has 0 atom stereocenters. The van der Waals surface area contributed by atoms with Crippen LogP contribution < -0.4 is 30.6 Å². The SMILES string of the molecule is Cc1ccccc1-c1cccc(Oc2ccc3c4c2Oc2ccccc2B4c2ccccc2O3)c1. The van der Waals surface area contributed by atoms with Gasteiger partial charge in [0, 0.05) is 5.46 Å². The smallest absolute Gasteiger partial charge is 0.260 e. The highest BCUT2D eigenvalue weighted by molar-refractivity contribution is 6.98. The predicted octanol–water partition coefficient (Wildman–Crippen LogP) is 6.18. The molecule has 166 valence electrons. The van der Waals surface area contributed by atoms with Crippen LogP contribution in [-0.2, 0) is 0 Å². The quantitative estimate of drug-likeness (QED) is 0.300. The van der Waals surface area contributed by atoms with E-state index in [0.717, 1.165) is 44.9 Å². The molecule has 0 fully saturated rings. The molecular weight excluding hydrogens is 431 g/mol. The second-order valence-electron chi connectivity index (χ2n) is 8.96. The van der Waals surface area contributed by atoms with Crippen LogP contribution in [0.2, 0.25) is 0 Å². The van der Waals surface area contributed by atoms with Gasteiger partial charge in [-0.1, -0.05) is 72.8 Å². The van der Waals surface area contributed by atoms with Crippen LogP contribution in [0.1, 0.15) is 5.56 Å². The van der Waals surface area contributed by atoms with Gasteiger partial charge in [-0.3, -0.25) is 0 Å². The first-order valence-corrected chi connectivity index (χ1v) is 11.8. The Hall–Kier alpha value is -4.44. The molecule has 2 heterocycles. The summed E-state index contributed by atoms with van der Waals surface area (Å²) >= 11 is 0. The Kier molecular flexibility index (Phi) is 4.46. The minimum absolute atomic E-state index is 0.0248. The molecule has 2 aliphatic heterocycles. The molecule has 0 unspecified atom stereocenters. The van der Waals surface area contributed by atoms with Gasteiger partial charge in [0.1, 0.15) is 23.0 Å². The fourth-order valence-electron chi connectivity index (χ4n) is 5.19. The van der Waals surface area contributed by atoms with E-state index in [1.54, 1.807) is 0 Å². The van der Waals surface area contributed by atoms with E-state index in [-0.39, 0.29) is 6.71 Å². The van der Waals surface area contributed by atoms with Crippen molar-refractivity contribution in [3.05, 3.63) is 115 Å². The van der Waals surface area contributed by atoms with Crippen molar-refractivity contribution in [2.75, 3.05) is 0 Å². The summed E-state index contributed by atoms with van der Waals surface area (Å²) in [7, 11) is 0. The van der Waals surface area contributed by atoms with Gasteiger partial charge in [0.15, 0.2) is 11.5 Å². The van der Waals surface area contributed by atoms with Crippen LogP contribution in [0.3, 0.4) is 0 Å². The number of para-hydroxylation sites is 2. The molecule has 5 aromatic carbocycles. The number of benzene rings is 5. The van der Waals surface area contributed by atoms with Crippen LogP contribution in [0.25, 0.3) is 11.1 Å². The van der Waals surface area contributed by atoms with E-state index in [1.165, 1.54) is 11.1 Å². The first-order chi connectivity index (χ1) is 17.3. The van der Waals surface area contributed by atoms with Crippen molar-refractivity contribution in [1.82, 2.24) is 0 Å². The van der Waals surface area contributed by atoms with Gasteiger partial charge in [-0.05, 0) is 70.9 Å². The summed E-state index contributed by atoms with van der Waals surface area (Å²) in [6.45, 7) is 2.15. The number of fused-ring (bicyclic) bond motifs is 4. The van der Waals surface area contributed by atoms with Gasteiger partial charge in [0.05, 0.1) is 0 Å². The van der Waals surface area contributed by atoms with Crippen molar-refractivity contribution in [3.63, 3.8) is 0 Å². The van der Waals surface area contributed by atoms with Gasteiger partial charge in [-0.25, -0.2) is 0 Å². The molecule has 35 heavy (non-hydrogen) atoms. The number of hydrogen-bond donors (Lipinski definition) is 0. The molecule has 3 nitrogen and oxygen atoms in total. The third-order valence-corrected chi connectivity index (χ3v) is 6.82. The Balaban J connectivity index is 1.35. The van der Waals surface area contributed by atoms with Crippen molar-refractivity contribution >= 4 is 23.1 Å². The summed E-state index contributed by atoms with van der Waals surface area (Å²) < 4.78 is 19.2. The average Bonchev–Trinajstić information content (AvgIpc) is 2.90. The molecule has 4 heteroatoms. The van der Waals surface area contributed by atoms with Crippen LogP contribution in [0.4, 0.5) is 0 Å². The van der Waals surface area contributed by atoms with Gasteiger partial charge >= 0.3 is 0 Å². The molecule has 0 aliphatic carbocycles. The fraction of sp³-hybridized carbons (Fsp3) is 0.0323. The average molecular weight is 452 g/mol. The summed E-state index contributed by atoms with van der Waals surface area (Å²) in [5, 5.41) is 0. The Morgan fingerprint density at radius 2 is 1.34 bits per heavy atom. The molecule has 5 aromatic rings. The maximum absolute atomic E-state index is 6.47. The second kappa shape index (κ2) is 7.81. The minimum Gasteiger partial charge on any atom is -0.458 e. The molecule has 0 aromatic heterocycles. The van der Waals surface area contributed by atoms with Gasteiger partial charge in [0.2, 0.25) is 0 Å². The number of aryl methyl sites for hydroxylation is 1. The van der Waals surface area contributed by atoms with E-state index < -0.39 is 0 Å². The summed E-state index contributed by atoms with van der Waals surface area (Å²) in [4.78, 5) is 0. The molecule has 0 radical (unpaired) electrons. The lowest BCUT2D eigenvalue weighted by Crippen LogP contribution is -2.57. The predicted molar refractivity (Wildman–Crippen MR) is 141 cm³/mol. The molecule has 2 aliphatic rings. The first-order valence-electron chi connectivity index (χ1n) is 11.8. The van der Waals surface area contributed by atoms with E-state index in [0.29, 0.717) is 11.5 Å². The first kappa shape index (κ1) is 20.0. The minimum atomic E-state index is 0.0248. The van der Waals surface area contributed by atoms with Crippen molar-refractivity contribution < 1.29 is 14.2 Å². The largest absolute Gasteiger partial charge is 0.458 e. The molecule has 0 bridgehead atoms. The monoisotopic (exact) mass is 452 g/mol. The van der Waals surface area contributed by atoms with Gasteiger partial charge in [-0.15, -0.1) is 0 Å². The zero-order chi connectivity index (χ0) is 23.4. The molecule has 0 amide bonds. The molecule has 0 N–H and O–H groups in total. The van der Waals surface area contributed by atoms with E-state index >= 15 is 0 Å². The number of hydrogen-bond acceptors (Lipinski definition) is 3. The van der Waals surface area contributed by atoms with Crippen molar-refractivity contribution in [3.8, 4) is 45.6 Å². The number of rotatable bonds is 3.